The van der Waals surface area contributed by atoms with Crippen molar-refractivity contribution in [3.05, 3.63) is 30.0 Å². The van der Waals surface area contributed by atoms with Crippen LogP contribution in [-0.2, 0) is 0 Å². The summed E-state index contributed by atoms with van der Waals surface area (Å²) in [6.07, 6.45) is 4.08. The Morgan fingerprint density at radius 3 is 2.92 bits per heavy atom. The smallest absolute Gasteiger partial charge is 0.252 e. The van der Waals surface area contributed by atoms with Gasteiger partial charge < -0.3 is 20.5 Å². The summed E-state index contributed by atoms with van der Waals surface area (Å²) in [6, 6.07) is 5.46. The first-order valence-corrected chi connectivity index (χ1v) is 9.29. The number of benzene rings is 1. The molecule has 2 aliphatic rings. The number of carbonyl (C=O) groups excluding carboxylic acids is 1. The van der Waals surface area contributed by atoms with E-state index in [1.807, 2.05) is 26.0 Å². The number of aromatic nitrogens is 1. The van der Waals surface area contributed by atoms with E-state index in [0.717, 1.165) is 30.3 Å². The van der Waals surface area contributed by atoms with Crippen molar-refractivity contribution in [1.82, 2.24) is 10.3 Å². The van der Waals surface area contributed by atoms with E-state index in [1.54, 1.807) is 12.3 Å². The van der Waals surface area contributed by atoms with Crippen LogP contribution in [0.2, 0.25) is 0 Å². The summed E-state index contributed by atoms with van der Waals surface area (Å²) in [5.74, 6) is 1.83. The lowest BCUT2D eigenvalue weighted by Crippen LogP contribution is -2.26. The fourth-order valence-electron chi connectivity index (χ4n) is 4.20. The highest BCUT2D eigenvalue weighted by atomic mass is 16.5. The minimum Gasteiger partial charge on any atom is -0.490 e. The number of carbonyl (C=O) groups is 1. The molecule has 0 bridgehead atoms. The highest BCUT2D eigenvalue weighted by Gasteiger charge is 2.40. The molecule has 1 unspecified atom stereocenters. The molecule has 2 heterocycles. The Kier molecular flexibility index (Phi) is 4.44. The number of pyridine rings is 1. The van der Waals surface area contributed by atoms with Crippen LogP contribution in [-0.4, -0.2) is 36.2 Å². The van der Waals surface area contributed by atoms with Gasteiger partial charge in [0, 0.05) is 24.0 Å². The van der Waals surface area contributed by atoms with Gasteiger partial charge in [-0.1, -0.05) is 0 Å². The minimum absolute atomic E-state index is 0.0632. The van der Waals surface area contributed by atoms with Gasteiger partial charge in [0.2, 0.25) is 5.88 Å². The summed E-state index contributed by atoms with van der Waals surface area (Å²) in [4.78, 5) is 16.3. The Hall–Kier alpha value is -2.34. The van der Waals surface area contributed by atoms with E-state index in [1.165, 1.54) is 6.42 Å². The molecule has 6 heteroatoms. The van der Waals surface area contributed by atoms with Crippen molar-refractivity contribution < 1.29 is 14.3 Å². The number of rotatable bonds is 5. The second kappa shape index (κ2) is 6.76. The molecule has 1 amide bonds. The summed E-state index contributed by atoms with van der Waals surface area (Å²) in [5.41, 5.74) is 5.92. The van der Waals surface area contributed by atoms with Crippen molar-refractivity contribution in [2.45, 2.75) is 38.9 Å². The fraction of sp³-hybridized carbons (Fsp3) is 0.500. The van der Waals surface area contributed by atoms with Crippen molar-refractivity contribution in [2.75, 3.05) is 13.1 Å². The number of fused-ring (bicyclic) bond motifs is 2. The van der Waals surface area contributed by atoms with E-state index in [9.17, 15) is 4.79 Å². The molecule has 26 heavy (non-hydrogen) atoms. The average Bonchev–Trinajstić information content (AvgIpc) is 3.19. The van der Waals surface area contributed by atoms with E-state index >= 15 is 0 Å². The van der Waals surface area contributed by atoms with Crippen LogP contribution < -0.4 is 20.5 Å². The molecule has 1 aromatic carbocycles. The molecule has 6 nitrogen and oxygen atoms in total. The van der Waals surface area contributed by atoms with Gasteiger partial charge in [0.15, 0.2) is 0 Å². The number of amides is 1. The van der Waals surface area contributed by atoms with Gasteiger partial charge in [-0.15, -0.1) is 0 Å². The highest BCUT2D eigenvalue weighted by Crippen LogP contribution is 2.38. The minimum atomic E-state index is -0.502. The molecule has 1 saturated heterocycles. The highest BCUT2D eigenvalue weighted by molar-refractivity contribution is 6.01. The van der Waals surface area contributed by atoms with Crippen molar-refractivity contribution >= 4 is 16.7 Å². The Bertz CT molecular complexity index is 836. The maximum absolute atomic E-state index is 11.8. The van der Waals surface area contributed by atoms with Gasteiger partial charge in [-0.05, 0) is 62.7 Å². The fourth-order valence-corrected chi connectivity index (χ4v) is 4.20. The van der Waals surface area contributed by atoms with E-state index in [-0.39, 0.29) is 12.2 Å². The van der Waals surface area contributed by atoms with Gasteiger partial charge in [0.05, 0.1) is 11.7 Å². The number of nitrogens with zero attached hydrogens (tertiary/aromatic N) is 1. The third-order valence-corrected chi connectivity index (χ3v) is 5.41. The number of hydrogen-bond donors (Lipinski definition) is 2. The van der Waals surface area contributed by atoms with Gasteiger partial charge in [-0.3, -0.25) is 4.79 Å². The lowest BCUT2D eigenvalue weighted by atomic mass is 9.99. The van der Waals surface area contributed by atoms with Gasteiger partial charge in [-0.2, -0.15) is 0 Å². The van der Waals surface area contributed by atoms with Crippen LogP contribution in [0.5, 0.6) is 11.6 Å². The van der Waals surface area contributed by atoms with Crippen LogP contribution in [0.3, 0.4) is 0 Å². The largest absolute Gasteiger partial charge is 0.490 e. The SMILES string of the molecule is CC(C)Oc1cc2c(OC3CC[C@@H]4CNC[C@H]34)nccc2cc1C(N)=O. The van der Waals surface area contributed by atoms with E-state index in [0.29, 0.717) is 29.0 Å². The number of nitrogens with two attached hydrogens (primary N) is 1. The summed E-state index contributed by atoms with van der Waals surface area (Å²) >= 11 is 0. The Balaban J connectivity index is 1.72. The predicted octanol–water partition coefficient (Wildman–Crippen LogP) is 2.50. The molecular formula is C20H25N3O3. The van der Waals surface area contributed by atoms with Crippen molar-refractivity contribution in [3.8, 4) is 11.6 Å². The third-order valence-electron chi connectivity index (χ3n) is 5.41. The Morgan fingerprint density at radius 2 is 2.15 bits per heavy atom. The van der Waals surface area contributed by atoms with Crippen LogP contribution in [0.15, 0.2) is 24.4 Å². The second-order valence-corrected chi connectivity index (χ2v) is 7.53. The molecule has 138 valence electrons. The summed E-state index contributed by atoms with van der Waals surface area (Å²) < 4.78 is 12.2. The molecule has 1 saturated carbocycles. The summed E-state index contributed by atoms with van der Waals surface area (Å²) in [7, 11) is 0. The van der Waals surface area contributed by atoms with E-state index in [2.05, 4.69) is 10.3 Å². The van der Waals surface area contributed by atoms with Crippen LogP contribution in [0.1, 0.15) is 37.0 Å². The zero-order valence-corrected chi connectivity index (χ0v) is 15.2. The topological polar surface area (TPSA) is 86.5 Å². The van der Waals surface area contributed by atoms with Crippen LogP contribution in [0, 0.1) is 11.8 Å². The summed E-state index contributed by atoms with van der Waals surface area (Å²) in [6.45, 7) is 5.93. The van der Waals surface area contributed by atoms with Crippen LogP contribution in [0.25, 0.3) is 10.8 Å². The van der Waals surface area contributed by atoms with Crippen LogP contribution in [0.4, 0.5) is 0 Å². The molecule has 0 spiro atoms. The van der Waals surface area contributed by atoms with Crippen molar-refractivity contribution in [3.63, 3.8) is 0 Å². The average molecular weight is 355 g/mol. The van der Waals surface area contributed by atoms with E-state index < -0.39 is 5.91 Å². The molecular weight excluding hydrogens is 330 g/mol. The second-order valence-electron chi connectivity index (χ2n) is 7.53. The Morgan fingerprint density at radius 1 is 1.31 bits per heavy atom. The van der Waals surface area contributed by atoms with Crippen LogP contribution >= 0.6 is 0 Å². The first kappa shape index (κ1) is 17.1. The zero-order valence-electron chi connectivity index (χ0n) is 15.2. The normalized spacial score (nSPS) is 24.8. The van der Waals surface area contributed by atoms with Gasteiger partial charge in [0.25, 0.3) is 5.91 Å². The molecule has 0 radical (unpaired) electrons. The molecule has 2 aromatic rings. The molecule has 1 aromatic heterocycles. The quantitative estimate of drug-likeness (QED) is 0.860. The van der Waals surface area contributed by atoms with Gasteiger partial charge >= 0.3 is 0 Å². The maximum atomic E-state index is 11.8. The Labute approximate surface area is 153 Å². The third kappa shape index (κ3) is 3.09. The van der Waals surface area contributed by atoms with E-state index in [4.69, 9.17) is 15.2 Å². The molecule has 2 fully saturated rings. The van der Waals surface area contributed by atoms with Crippen molar-refractivity contribution in [1.29, 1.82) is 0 Å². The number of primary amides is 1. The number of hydrogen-bond acceptors (Lipinski definition) is 5. The first-order valence-electron chi connectivity index (χ1n) is 9.29. The lowest BCUT2D eigenvalue weighted by molar-refractivity contribution is 0.0994. The van der Waals surface area contributed by atoms with Gasteiger partial charge in [0.1, 0.15) is 11.9 Å². The monoisotopic (exact) mass is 355 g/mol. The van der Waals surface area contributed by atoms with Crippen molar-refractivity contribution in [2.24, 2.45) is 17.6 Å². The zero-order chi connectivity index (χ0) is 18.3. The number of nitrogens with one attached hydrogen (secondary N) is 1. The predicted molar refractivity (Wildman–Crippen MR) is 99.5 cm³/mol. The molecule has 3 N–H and O–H groups in total. The summed E-state index contributed by atoms with van der Waals surface area (Å²) in [5, 5.41) is 5.18. The standard InChI is InChI=1S/C20H25N3O3/c1-11(2)25-18-8-14-12(7-15(18)19(21)24)5-6-23-20(14)26-17-4-3-13-9-22-10-16(13)17/h5-8,11,13,16-17,22H,3-4,9-10H2,1-2H3,(H2,21,24)/t13-,16+,17?/m1/s1. The maximum Gasteiger partial charge on any atom is 0.252 e. The lowest BCUT2D eigenvalue weighted by Gasteiger charge is -2.21. The molecule has 4 rings (SSSR count). The molecule has 1 aliphatic heterocycles. The molecule has 3 atom stereocenters. The first-order chi connectivity index (χ1) is 12.5. The van der Waals surface area contributed by atoms with Gasteiger partial charge in [-0.25, -0.2) is 4.98 Å². The number of ether oxygens (including phenoxy) is 2. The molecule has 1 aliphatic carbocycles.